The Morgan fingerprint density at radius 3 is 2.50 bits per heavy atom. The Morgan fingerprint density at radius 1 is 1.32 bits per heavy atom. The molecule has 2 rings (SSSR count). The number of hydrogen-bond acceptors (Lipinski definition) is 5. The van der Waals surface area contributed by atoms with Gasteiger partial charge in [-0.1, -0.05) is 0 Å². The average Bonchev–Trinajstić information content (AvgIpc) is 2.36. The number of aromatic nitrogens is 2. The van der Waals surface area contributed by atoms with Gasteiger partial charge in [-0.25, -0.2) is 0 Å². The van der Waals surface area contributed by atoms with Crippen LogP contribution in [0.3, 0.4) is 0 Å². The zero-order valence-corrected chi connectivity index (χ0v) is 16.0. The summed E-state index contributed by atoms with van der Waals surface area (Å²) in [6.45, 7) is 8.78. The first-order valence-electron chi connectivity index (χ1n) is 7.49. The number of aryl methyl sites for hydroxylation is 1. The van der Waals surface area contributed by atoms with Crippen molar-refractivity contribution in [3.8, 4) is 5.88 Å². The number of carbonyl (C=O) groups excluding carboxylic acids is 1. The van der Waals surface area contributed by atoms with E-state index in [1.54, 1.807) is 4.90 Å². The zero-order valence-electron chi connectivity index (χ0n) is 13.6. The van der Waals surface area contributed by atoms with Gasteiger partial charge in [0.05, 0.1) is 0 Å². The van der Waals surface area contributed by atoms with E-state index in [-0.39, 0.29) is 12.2 Å². The fourth-order valence-corrected chi connectivity index (χ4v) is 2.97. The van der Waals surface area contributed by atoms with Gasteiger partial charge in [-0.15, -0.1) is 0 Å². The SMILES string of the molecule is Cc1nc([AsH2])cc(OC2CCN(C(=O)OC(C)(C)C)CC2)n1. The van der Waals surface area contributed by atoms with Gasteiger partial charge in [-0.2, -0.15) is 0 Å². The molecule has 1 unspecified atom stereocenters. The number of piperidine rings is 1. The fraction of sp³-hybridized carbons (Fsp3) is 0.667. The Labute approximate surface area is 140 Å². The topological polar surface area (TPSA) is 64.5 Å². The summed E-state index contributed by atoms with van der Waals surface area (Å²) >= 11 is 1.45. The number of likely N-dealkylation sites (tertiary alicyclic amines) is 1. The van der Waals surface area contributed by atoms with Gasteiger partial charge in [0.25, 0.3) is 0 Å². The van der Waals surface area contributed by atoms with Gasteiger partial charge in [0.15, 0.2) is 0 Å². The van der Waals surface area contributed by atoms with Crippen molar-refractivity contribution in [2.24, 2.45) is 0 Å². The monoisotopic (exact) mass is 369 g/mol. The van der Waals surface area contributed by atoms with E-state index in [9.17, 15) is 4.79 Å². The molecule has 0 radical (unpaired) electrons. The van der Waals surface area contributed by atoms with Gasteiger partial charge in [0.2, 0.25) is 0 Å². The third kappa shape index (κ3) is 5.16. The van der Waals surface area contributed by atoms with Gasteiger partial charge in [-0.3, -0.25) is 0 Å². The van der Waals surface area contributed by atoms with Crippen LogP contribution in [0.4, 0.5) is 4.79 Å². The molecule has 0 spiro atoms. The Morgan fingerprint density at radius 2 is 1.95 bits per heavy atom. The van der Waals surface area contributed by atoms with E-state index in [4.69, 9.17) is 9.47 Å². The van der Waals surface area contributed by atoms with Gasteiger partial charge < -0.3 is 0 Å². The third-order valence-electron chi connectivity index (χ3n) is 3.22. The van der Waals surface area contributed by atoms with E-state index >= 15 is 0 Å². The van der Waals surface area contributed by atoms with Crippen LogP contribution >= 0.6 is 0 Å². The van der Waals surface area contributed by atoms with E-state index in [0.29, 0.717) is 19.0 Å². The van der Waals surface area contributed by atoms with Crippen LogP contribution in [-0.2, 0) is 4.74 Å². The number of ether oxygens (including phenoxy) is 2. The number of carbonyl (C=O) groups is 1. The normalized spacial score (nSPS) is 16.5. The first kappa shape index (κ1) is 17.1. The third-order valence-corrected chi connectivity index (χ3v) is 3.84. The molecule has 1 aromatic rings. The number of hydrogen-bond donors (Lipinski definition) is 0. The van der Waals surface area contributed by atoms with Crippen LogP contribution in [0.25, 0.3) is 0 Å². The van der Waals surface area contributed by atoms with Crippen LogP contribution in [0.15, 0.2) is 6.07 Å². The predicted octanol–water partition coefficient (Wildman–Crippen LogP) is 0.822. The van der Waals surface area contributed by atoms with Crippen molar-refractivity contribution >= 4 is 27.4 Å². The molecule has 1 aliphatic heterocycles. The van der Waals surface area contributed by atoms with Gasteiger partial charge in [0.1, 0.15) is 0 Å². The molecule has 0 aliphatic carbocycles. The Hall–Kier alpha value is -1.29. The van der Waals surface area contributed by atoms with Crippen LogP contribution in [0.2, 0.25) is 0 Å². The molecule has 1 saturated heterocycles. The second-order valence-electron chi connectivity index (χ2n) is 6.46. The molecule has 0 bridgehead atoms. The molecule has 22 heavy (non-hydrogen) atoms. The van der Waals surface area contributed by atoms with E-state index in [1.807, 2.05) is 33.8 Å². The minimum absolute atomic E-state index is 0.0832. The summed E-state index contributed by atoms with van der Waals surface area (Å²) in [5.41, 5.74) is -0.456. The maximum absolute atomic E-state index is 12.0. The molecule has 1 aromatic heterocycles. The number of amides is 1. The summed E-state index contributed by atoms with van der Waals surface area (Å²) < 4.78 is 12.3. The molecule has 122 valence electrons. The minimum atomic E-state index is -0.456. The fourth-order valence-electron chi connectivity index (χ4n) is 2.28. The van der Waals surface area contributed by atoms with E-state index < -0.39 is 5.60 Å². The summed E-state index contributed by atoms with van der Waals surface area (Å²) in [5.74, 6) is 1.35. The van der Waals surface area contributed by atoms with Crippen molar-refractivity contribution in [2.75, 3.05) is 13.1 Å². The molecular formula is C15H24AsN3O3. The standard InChI is InChI=1S/C15H24AsN3O3/c1-10-17-12(16)9-13(18-10)21-11-5-7-19(8-6-11)14(20)22-15(2,3)4/h9,11H,5-8,16H2,1-4H3. The molecule has 7 heteroatoms. The molecule has 1 fully saturated rings. The van der Waals surface area contributed by atoms with Crippen molar-refractivity contribution in [3.05, 3.63) is 11.9 Å². The first-order chi connectivity index (χ1) is 10.2. The summed E-state index contributed by atoms with van der Waals surface area (Å²) in [6, 6.07) is 1.87. The van der Waals surface area contributed by atoms with Crippen LogP contribution in [0.5, 0.6) is 5.88 Å². The number of rotatable bonds is 2. The van der Waals surface area contributed by atoms with E-state index in [0.717, 1.165) is 23.1 Å². The summed E-state index contributed by atoms with van der Waals surface area (Å²) in [4.78, 5) is 22.3. The number of nitrogens with zero attached hydrogens (tertiary/aromatic N) is 3. The van der Waals surface area contributed by atoms with Crippen LogP contribution in [-0.4, -0.2) is 62.6 Å². The molecule has 1 amide bonds. The molecule has 0 N–H and O–H groups in total. The molecule has 0 aromatic carbocycles. The first-order valence-corrected chi connectivity index (χ1v) is 8.70. The second-order valence-corrected chi connectivity index (χ2v) is 7.70. The average molecular weight is 369 g/mol. The van der Waals surface area contributed by atoms with Gasteiger partial charge >= 0.3 is 140 Å². The molecule has 0 saturated carbocycles. The maximum atomic E-state index is 12.0. The molecule has 2 heterocycles. The summed E-state index contributed by atoms with van der Waals surface area (Å²) in [7, 11) is 0. The zero-order chi connectivity index (χ0) is 16.3. The Bertz CT molecular complexity index is 517. The second kappa shape index (κ2) is 6.86. The van der Waals surface area contributed by atoms with Crippen molar-refractivity contribution in [1.29, 1.82) is 0 Å². The van der Waals surface area contributed by atoms with Crippen molar-refractivity contribution in [2.45, 2.75) is 52.2 Å². The van der Waals surface area contributed by atoms with Crippen molar-refractivity contribution in [1.82, 2.24) is 14.9 Å². The van der Waals surface area contributed by atoms with Gasteiger partial charge in [-0.05, 0) is 0 Å². The summed E-state index contributed by atoms with van der Waals surface area (Å²) in [5, 5.41) is 0. The Balaban J connectivity index is 1.86. The molecule has 1 aliphatic rings. The molecule has 6 nitrogen and oxygen atoms in total. The predicted molar refractivity (Wildman–Crippen MR) is 86.4 cm³/mol. The van der Waals surface area contributed by atoms with Crippen LogP contribution in [0.1, 0.15) is 39.4 Å². The molecule has 1 atom stereocenters. The van der Waals surface area contributed by atoms with Crippen LogP contribution < -0.4 is 9.22 Å². The Kier molecular flexibility index (Phi) is 5.32. The summed E-state index contributed by atoms with van der Waals surface area (Å²) in [6.07, 6.45) is 1.40. The van der Waals surface area contributed by atoms with E-state index in [1.165, 1.54) is 16.9 Å². The molecular weight excluding hydrogens is 345 g/mol. The van der Waals surface area contributed by atoms with Crippen LogP contribution in [0, 0.1) is 6.92 Å². The van der Waals surface area contributed by atoms with Crippen molar-refractivity contribution in [3.63, 3.8) is 0 Å². The quantitative estimate of drug-likeness (QED) is 0.723. The van der Waals surface area contributed by atoms with E-state index in [2.05, 4.69) is 9.97 Å². The van der Waals surface area contributed by atoms with Crippen molar-refractivity contribution < 1.29 is 14.3 Å². The van der Waals surface area contributed by atoms with Gasteiger partial charge in [0, 0.05) is 0 Å².